The lowest BCUT2D eigenvalue weighted by atomic mass is 10.1. The molecule has 0 radical (unpaired) electrons. The van der Waals surface area contributed by atoms with Crippen LogP contribution in [0.25, 0.3) is 12.2 Å². The molecule has 1 aliphatic carbocycles. The molecule has 0 nitrogen and oxygen atoms in total. The van der Waals surface area contributed by atoms with Gasteiger partial charge in [-0.3, -0.25) is 0 Å². The van der Waals surface area contributed by atoms with Gasteiger partial charge in [0.25, 0.3) is 0 Å². The topological polar surface area (TPSA) is 0 Å². The summed E-state index contributed by atoms with van der Waals surface area (Å²) < 4.78 is 0. The molecule has 102 valence electrons. The predicted molar refractivity (Wildman–Crippen MR) is 88.6 cm³/mol. The minimum Gasteiger partial charge on any atom is -0.122 e. The minimum atomic E-state index is 0.798. The van der Waals surface area contributed by atoms with E-state index < -0.39 is 0 Å². The van der Waals surface area contributed by atoms with Crippen LogP contribution in [0.3, 0.4) is 0 Å². The molecule has 1 fully saturated rings. The maximum Gasteiger partial charge on any atom is 0.0153 e. The number of allylic oxidation sites excluding steroid dienone is 1. The molecule has 0 N–H and O–H groups in total. The van der Waals surface area contributed by atoms with Crippen LogP contribution in [0, 0.1) is 0 Å². The third kappa shape index (κ3) is 4.01. The van der Waals surface area contributed by atoms with Crippen molar-refractivity contribution in [1.29, 1.82) is 0 Å². The summed E-state index contributed by atoms with van der Waals surface area (Å²) in [5.41, 5.74) is 2.59. The molecular weight excluding hydrogens is 248 g/mol. The quantitative estimate of drug-likeness (QED) is 0.590. The second-order valence-corrected chi connectivity index (χ2v) is 6.54. The van der Waals surface area contributed by atoms with Crippen molar-refractivity contribution in [2.45, 2.75) is 55.6 Å². The van der Waals surface area contributed by atoms with Crippen molar-refractivity contribution in [3.63, 3.8) is 0 Å². The van der Waals surface area contributed by atoms with E-state index in [1.54, 1.807) is 0 Å². The number of benzene rings is 1. The van der Waals surface area contributed by atoms with E-state index in [2.05, 4.69) is 55.6 Å². The van der Waals surface area contributed by atoms with Gasteiger partial charge in [0.15, 0.2) is 0 Å². The monoisotopic (exact) mass is 272 g/mol. The lowest BCUT2D eigenvalue weighted by Crippen LogP contribution is -2.01. The molecule has 1 aromatic rings. The number of hydrogen-bond acceptors (Lipinski definition) is 1. The molecule has 2 rings (SSSR count). The first kappa shape index (κ1) is 14.5. The lowest BCUT2D eigenvalue weighted by molar-refractivity contribution is 0.702. The molecule has 0 bridgehead atoms. The Bertz CT molecular complexity index is 437. The molecule has 0 amide bonds. The molecule has 0 aromatic heterocycles. The fourth-order valence-corrected chi connectivity index (χ4v) is 4.12. The summed E-state index contributed by atoms with van der Waals surface area (Å²) in [4.78, 5) is 1.42. The van der Waals surface area contributed by atoms with Gasteiger partial charge in [-0.1, -0.05) is 62.6 Å². The van der Waals surface area contributed by atoms with Crippen LogP contribution >= 0.6 is 11.8 Å². The average Bonchev–Trinajstić information content (AvgIpc) is 2.69. The molecular formula is C18H24S. The Morgan fingerprint density at radius 3 is 2.53 bits per heavy atom. The van der Waals surface area contributed by atoms with Crippen molar-refractivity contribution in [2.75, 3.05) is 0 Å². The Morgan fingerprint density at radius 1 is 1.16 bits per heavy atom. The van der Waals surface area contributed by atoms with Crippen molar-refractivity contribution in [3.05, 3.63) is 42.0 Å². The second-order valence-electron chi connectivity index (χ2n) is 5.19. The van der Waals surface area contributed by atoms with E-state index in [1.807, 2.05) is 6.08 Å². The van der Waals surface area contributed by atoms with Gasteiger partial charge in [0.1, 0.15) is 0 Å². The van der Waals surface area contributed by atoms with Crippen LogP contribution in [0.15, 0.2) is 35.7 Å². The van der Waals surface area contributed by atoms with E-state index in [0.717, 1.165) is 5.25 Å². The molecule has 0 atom stereocenters. The lowest BCUT2D eigenvalue weighted by Gasteiger charge is -2.16. The highest BCUT2D eigenvalue weighted by Gasteiger charge is 2.15. The van der Waals surface area contributed by atoms with Crippen LogP contribution in [-0.2, 0) is 0 Å². The zero-order valence-corrected chi connectivity index (χ0v) is 12.7. The van der Waals surface area contributed by atoms with Crippen LogP contribution < -0.4 is 0 Å². The number of thioether (sulfide) groups is 1. The SMILES string of the molecule is C=Cc1cccc(SC2CCCCCC2)c1/C=C\C. The molecule has 0 unspecified atom stereocenters. The summed E-state index contributed by atoms with van der Waals surface area (Å²) in [7, 11) is 0. The summed E-state index contributed by atoms with van der Waals surface area (Å²) >= 11 is 2.07. The Balaban J connectivity index is 2.20. The van der Waals surface area contributed by atoms with Crippen LogP contribution in [0.5, 0.6) is 0 Å². The zero-order chi connectivity index (χ0) is 13.5. The molecule has 0 aliphatic heterocycles. The van der Waals surface area contributed by atoms with Gasteiger partial charge in [-0.05, 0) is 37.0 Å². The second kappa shape index (κ2) is 7.59. The molecule has 0 saturated heterocycles. The summed E-state index contributed by atoms with van der Waals surface area (Å²) in [6, 6.07) is 6.57. The first-order valence-electron chi connectivity index (χ1n) is 7.40. The van der Waals surface area contributed by atoms with Gasteiger partial charge in [0.2, 0.25) is 0 Å². The van der Waals surface area contributed by atoms with E-state index in [9.17, 15) is 0 Å². The van der Waals surface area contributed by atoms with Crippen LogP contribution in [0.4, 0.5) is 0 Å². The summed E-state index contributed by atoms with van der Waals surface area (Å²) in [6.07, 6.45) is 14.7. The molecule has 0 heterocycles. The molecule has 1 saturated carbocycles. The first-order valence-corrected chi connectivity index (χ1v) is 8.28. The Kier molecular flexibility index (Phi) is 5.78. The van der Waals surface area contributed by atoms with Crippen molar-refractivity contribution in [2.24, 2.45) is 0 Å². The van der Waals surface area contributed by atoms with Gasteiger partial charge in [-0.25, -0.2) is 0 Å². The maximum atomic E-state index is 3.93. The fraction of sp³-hybridized carbons (Fsp3) is 0.444. The zero-order valence-electron chi connectivity index (χ0n) is 11.9. The van der Waals surface area contributed by atoms with Gasteiger partial charge >= 0.3 is 0 Å². The fourth-order valence-electron chi connectivity index (χ4n) is 2.73. The van der Waals surface area contributed by atoms with E-state index in [4.69, 9.17) is 0 Å². The van der Waals surface area contributed by atoms with Crippen molar-refractivity contribution in [1.82, 2.24) is 0 Å². The summed E-state index contributed by atoms with van der Waals surface area (Å²) in [6.45, 7) is 6.02. The third-order valence-corrected chi connectivity index (χ3v) is 5.16. The largest absolute Gasteiger partial charge is 0.122 e. The van der Waals surface area contributed by atoms with Crippen LogP contribution in [-0.4, -0.2) is 5.25 Å². The van der Waals surface area contributed by atoms with Gasteiger partial charge in [-0.15, -0.1) is 11.8 Å². The van der Waals surface area contributed by atoms with Crippen LogP contribution in [0.2, 0.25) is 0 Å². The molecule has 0 spiro atoms. The predicted octanol–water partition coefficient (Wildman–Crippen LogP) is 6.18. The normalized spacial score (nSPS) is 17.5. The Morgan fingerprint density at radius 2 is 1.89 bits per heavy atom. The van der Waals surface area contributed by atoms with Gasteiger partial charge in [-0.2, -0.15) is 0 Å². The van der Waals surface area contributed by atoms with E-state index >= 15 is 0 Å². The van der Waals surface area contributed by atoms with Crippen molar-refractivity contribution >= 4 is 23.9 Å². The first-order chi connectivity index (χ1) is 9.35. The van der Waals surface area contributed by atoms with Crippen molar-refractivity contribution < 1.29 is 0 Å². The third-order valence-electron chi connectivity index (χ3n) is 3.75. The number of rotatable bonds is 4. The van der Waals surface area contributed by atoms with E-state index in [1.165, 1.54) is 54.5 Å². The highest BCUT2D eigenvalue weighted by Crippen LogP contribution is 2.36. The molecule has 19 heavy (non-hydrogen) atoms. The minimum absolute atomic E-state index is 0.798. The standard InChI is InChI=1S/C18H24S/c1-3-10-17-15(4-2)11-9-14-18(17)19-16-12-7-5-6-8-13-16/h3-4,9-11,14,16H,2,5-8,12-13H2,1H3/b10-3-. The average molecular weight is 272 g/mol. The van der Waals surface area contributed by atoms with Crippen LogP contribution in [0.1, 0.15) is 56.6 Å². The summed E-state index contributed by atoms with van der Waals surface area (Å²) in [5.74, 6) is 0. The summed E-state index contributed by atoms with van der Waals surface area (Å²) in [5, 5.41) is 0.798. The Labute approximate surface area is 122 Å². The highest BCUT2D eigenvalue weighted by molar-refractivity contribution is 8.00. The van der Waals surface area contributed by atoms with E-state index in [0.29, 0.717) is 0 Å². The molecule has 1 aromatic carbocycles. The molecule has 1 aliphatic rings. The van der Waals surface area contributed by atoms with Crippen molar-refractivity contribution in [3.8, 4) is 0 Å². The van der Waals surface area contributed by atoms with Gasteiger partial charge in [0.05, 0.1) is 0 Å². The van der Waals surface area contributed by atoms with E-state index in [-0.39, 0.29) is 0 Å². The molecule has 1 heteroatoms. The smallest absolute Gasteiger partial charge is 0.0153 e. The maximum absolute atomic E-state index is 3.93. The highest BCUT2D eigenvalue weighted by atomic mass is 32.2. The van der Waals surface area contributed by atoms with Gasteiger partial charge < -0.3 is 0 Å². The number of hydrogen-bond donors (Lipinski definition) is 0. The van der Waals surface area contributed by atoms with Gasteiger partial charge in [0, 0.05) is 10.1 Å². The Hall–Kier alpha value is -0.950.